The van der Waals surface area contributed by atoms with Crippen LogP contribution in [-0.2, 0) is 22.4 Å². The number of rotatable bonds is 7. The summed E-state index contributed by atoms with van der Waals surface area (Å²) in [5, 5.41) is 11.3. The minimum Gasteiger partial charge on any atom is -0.484 e. The van der Waals surface area contributed by atoms with Gasteiger partial charge in [-0.15, -0.1) is 0 Å². The van der Waals surface area contributed by atoms with Gasteiger partial charge in [-0.25, -0.2) is 4.79 Å². The molecule has 1 amide bonds. The van der Waals surface area contributed by atoms with E-state index in [1.165, 1.54) is 24.0 Å². The lowest BCUT2D eigenvalue weighted by atomic mass is 9.92. The third kappa shape index (κ3) is 4.99. The van der Waals surface area contributed by atoms with E-state index in [2.05, 4.69) is 11.4 Å². The number of carbonyl (C=O) groups excluding carboxylic acids is 1. The number of hydrogen-bond donors (Lipinski definition) is 2. The second-order valence-corrected chi connectivity index (χ2v) is 6.18. The Morgan fingerprint density at radius 2 is 1.54 bits per heavy atom. The summed E-state index contributed by atoms with van der Waals surface area (Å²) < 4.78 is 10.6. The predicted octanol–water partition coefficient (Wildman–Crippen LogP) is 3.05. The smallest absolute Gasteiger partial charge is 0.341 e. The molecule has 0 aliphatic heterocycles. The van der Waals surface area contributed by atoms with Gasteiger partial charge in [-0.2, -0.15) is 0 Å². The van der Waals surface area contributed by atoms with Crippen LogP contribution < -0.4 is 14.8 Å². The first kappa shape index (κ1) is 17.8. The van der Waals surface area contributed by atoms with Gasteiger partial charge in [0.1, 0.15) is 11.5 Å². The second-order valence-electron chi connectivity index (χ2n) is 6.18. The molecule has 0 saturated heterocycles. The summed E-state index contributed by atoms with van der Waals surface area (Å²) in [7, 11) is 0. The van der Waals surface area contributed by atoms with Crippen LogP contribution >= 0.6 is 0 Å². The fourth-order valence-electron chi connectivity index (χ4n) is 2.93. The number of nitrogens with one attached hydrogen (secondary N) is 1. The summed E-state index contributed by atoms with van der Waals surface area (Å²) in [6.45, 7) is -0.476. The van der Waals surface area contributed by atoms with Crippen LogP contribution in [0, 0.1) is 0 Å². The van der Waals surface area contributed by atoms with Crippen LogP contribution in [0.25, 0.3) is 0 Å². The van der Waals surface area contributed by atoms with Crippen LogP contribution in [0.5, 0.6) is 11.5 Å². The van der Waals surface area contributed by atoms with Crippen molar-refractivity contribution in [3.63, 3.8) is 0 Å². The zero-order chi connectivity index (χ0) is 18.4. The lowest BCUT2D eigenvalue weighted by Gasteiger charge is -2.16. The summed E-state index contributed by atoms with van der Waals surface area (Å²) in [6, 6.07) is 12.5. The van der Waals surface area contributed by atoms with Crippen LogP contribution in [0.15, 0.2) is 42.5 Å². The molecule has 0 radical (unpaired) electrons. The highest BCUT2D eigenvalue weighted by molar-refractivity contribution is 5.91. The summed E-state index contributed by atoms with van der Waals surface area (Å²) in [5.41, 5.74) is 3.27. The highest BCUT2D eigenvalue weighted by atomic mass is 16.5. The topological polar surface area (TPSA) is 84.9 Å². The number of fused-ring (bicyclic) bond motifs is 1. The largest absolute Gasteiger partial charge is 0.484 e. The fraction of sp³-hybridized carbons (Fsp3) is 0.300. The minimum atomic E-state index is -1.04. The molecule has 0 aromatic heterocycles. The monoisotopic (exact) mass is 355 g/mol. The fourth-order valence-corrected chi connectivity index (χ4v) is 2.93. The minimum absolute atomic E-state index is 0.0734. The summed E-state index contributed by atoms with van der Waals surface area (Å²) >= 11 is 0. The van der Waals surface area contributed by atoms with Gasteiger partial charge in [-0.1, -0.05) is 6.07 Å². The van der Waals surface area contributed by atoms with E-state index in [-0.39, 0.29) is 12.5 Å². The van der Waals surface area contributed by atoms with Gasteiger partial charge in [0.15, 0.2) is 13.2 Å². The first-order valence-electron chi connectivity index (χ1n) is 8.59. The number of aryl methyl sites for hydroxylation is 2. The number of anilines is 1. The normalized spacial score (nSPS) is 12.8. The lowest BCUT2D eigenvalue weighted by molar-refractivity contribution is -0.139. The van der Waals surface area contributed by atoms with E-state index >= 15 is 0 Å². The van der Waals surface area contributed by atoms with Crippen LogP contribution in [0.3, 0.4) is 0 Å². The first-order chi connectivity index (χ1) is 12.6. The molecule has 26 heavy (non-hydrogen) atoms. The van der Waals surface area contributed by atoms with Gasteiger partial charge in [0.25, 0.3) is 5.91 Å². The molecular formula is C20H21NO5. The lowest BCUT2D eigenvalue weighted by Crippen LogP contribution is -2.20. The molecule has 0 saturated carbocycles. The van der Waals surface area contributed by atoms with Gasteiger partial charge in [-0.3, -0.25) is 4.79 Å². The number of ether oxygens (including phenoxy) is 2. The zero-order valence-electron chi connectivity index (χ0n) is 14.4. The van der Waals surface area contributed by atoms with Crippen LogP contribution in [0.4, 0.5) is 5.69 Å². The second kappa shape index (κ2) is 8.38. The van der Waals surface area contributed by atoms with Crippen molar-refractivity contribution in [2.45, 2.75) is 25.7 Å². The molecule has 2 aromatic rings. The van der Waals surface area contributed by atoms with Gasteiger partial charge in [-0.05, 0) is 73.2 Å². The molecule has 6 nitrogen and oxygen atoms in total. The molecule has 0 heterocycles. The van der Waals surface area contributed by atoms with Gasteiger partial charge in [0.05, 0.1) is 0 Å². The first-order valence-corrected chi connectivity index (χ1v) is 8.59. The Morgan fingerprint density at radius 1 is 0.885 bits per heavy atom. The number of aliphatic carboxylic acids is 1. The van der Waals surface area contributed by atoms with E-state index in [0.717, 1.165) is 12.8 Å². The Balaban J connectivity index is 1.48. The molecule has 2 aromatic carbocycles. The maximum absolute atomic E-state index is 12.0. The molecule has 0 spiro atoms. The molecule has 0 atom stereocenters. The Hall–Kier alpha value is -3.02. The zero-order valence-corrected chi connectivity index (χ0v) is 14.4. The van der Waals surface area contributed by atoms with Gasteiger partial charge < -0.3 is 19.9 Å². The van der Waals surface area contributed by atoms with Crippen molar-refractivity contribution in [1.29, 1.82) is 0 Å². The van der Waals surface area contributed by atoms with Crippen molar-refractivity contribution in [1.82, 2.24) is 0 Å². The SMILES string of the molecule is O=C(O)COc1ccc(NC(=O)COc2ccc3c(c2)CCCC3)cc1. The molecule has 6 heteroatoms. The van der Waals surface area contributed by atoms with Crippen LogP contribution in [0.2, 0.25) is 0 Å². The standard InChI is InChI=1S/C20H21NO5/c22-19(21-16-6-9-17(10-7-16)26-13-20(23)24)12-25-18-8-5-14-3-1-2-4-15(14)11-18/h5-11H,1-4,12-13H2,(H,21,22)(H,23,24). The van der Waals surface area contributed by atoms with Gasteiger partial charge in [0.2, 0.25) is 0 Å². The summed E-state index contributed by atoms with van der Waals surface area (Å²) in [4.78, 5) is 22.5. The molecule has 3 rings (SSSR count). The third-order valence-corrected chi connectivity index (χ3v) is 4.19. The summed E-state index contributed by atoms with van der Waals surface area (Å²) in [6.07, 6.45) is 4.61. The number of benzene rings is 2. The van der Waals surface area contributed by atoms with Crippen molar-refractivity contribution in [3.05, 3.63) is 53.6 Å². The molecule has 2 N–H and O–H groups in total. The highest BCUT2D eigenvalue weighted by Gasteiger charge is 2.11. The van der Waals surface area contributed by atoms with Crippen molar-refractivity contribution < 1.29 is 24.2 Å². The van der Waals surface area contributed by atoms with Crippen molar-refractivity contribution in [3.8, 4) is 11.5 Å². The predicted molar refractivity (Wildman–Crippen MR) is 96.8 cm³/mol. The average Bonchev–Trinajstić information content (AvgIpc) is 2.65. The van der Waals surface area contributed by atoms with Crippen molar-refractivity contribution in [2.24, 2.45) is 0 Å². The van der Waals surface area contributed by atoms with Gasteiger partial charge in [0, 0.05) is 5.69 Å². The Bertz CT molecular complexity index is 785. The quantitative estimate of drug-likeness (QED) is 0.797. The number of carboxylic acids is 1. The molecule has 0 fully saturated rings. The molecule has 1 aliphatic carbocycles. The molecular weight excluding hydrogens is 334 g/mol. The number of hydrogen-bond acceptors (Lipinski definition) is 4. The number of carboxylic acid groups (broad SMARTS) is 1. The molecule has 136 valence electrons. The van der Waals surface area contributed by atoms with E-state index < -0.39 is 12.6 Å². The molecule has 0 unspecified atom stereocenters. The Kier molecular flexibility index (Phi) is 5.73. The van der Waals surface area contributed by atoms with E-state index in [1.54, 1.807) is 24.3 Å². The summed E-state index contributed by atoms with van der Waals surface area (Å²) in [5.74, 6) is -0.169. The van der Waals surface area contributed by atoms with Crippen LogP contribution in [-0.4, -0.2) is 30.2 Å². The Morgan fingerprint density at radius 3 is 2.27 bits per heavy atom. The van der Waals surface area contributed by atoms with E-state index in [0.29, 0.717) is 17.2 Å². The van der Waals surface area contributed by atoms with E-state index in [4.69, 9.17) is 14.6 Å². The molecule has 0 bridgehead atoms. The maximum Gasteiger partial charge on any atom is 0.341 e. The Labute approximate surface area is 151 Å². The number of amides is 1. The maximum atomic E-state index is 12.0. The van der Waals surface area contributed by atoms with Crippen LogP contribution in [0.1, 0.15) is 24.0 Å². The van der Waals surface area contributed by atoms with E-state index in [9.17, 15) is 9.59 Å². The van der Waals surface area contributed by atoms with Gasteiger partial charge >= 0.3 is 5.97 Å². The average molecular weight is 355 g/mol. The number of carbonyl (C=O) groups is 2. The van der Waals surface area contributed by atoms with Crippen molar-refractivity contribution >= 4 is 17.6 Å². The molecule has 1 aliphatic rings. The van der Waals surface area contributed by atoms with E-state index in [1.807, 2.05) is 12.1 Å². The third-order valence-electron chi connectivity index (χ3n) is 4.19. The highest BCUT2D eigenvalue weighted by Crippen LogP contribution is 2.25. The van der Waals surface area contributed by atoms with Crippen molar-refractivity contribution in [2.75, 3.05) is 18.5 Å².